The predicted molar refractivity (Wildman–Crippen MR) is 153 cm³/mol. The summed E-state index contributed by atoms with van der Waals surface area (Å²) in [5.74, 6) is -0.831. The molecule has 4 aromatic rings. The Kier molecular flexibility index (Phi) is 6.43. The lowest BCUT2D eigenvalue weighted by Gasteiger charge is -2.36. The van der Waals surface area contributed by atoms with Gasteiger partial charge in [0.1, 0.15) is 17.4 Å². The van der Waals surface area contributed by atoms with E-state index in [2.05, 4.69) is 10.3 Å². The Labute approximate surface area is 244 Å². The Balaban J connectivity index is 1.70. The number of aromatic nitrogens is 3. The minimum atomic E-state index is -1.82. The third-order valence-corrected chi connectivity index (χ3v) is 7.67. The molecule has 9 nitrogen and oxygen atoms in total. The largest absolute Gasteiger partial charge is 0.496 e. The lowest BCUT2D eigenvalue weighted by atomic mass is 9.87. The molecule has 0 saturated heterocycles. The van der Waals surface area contributed by atoms with Gasteiger partial charge in [0.25, 0.3) is 11.8 Å². The Bertz CT molecular complexity index is 1760. The van der Waals surface area contributed by atoms with Crippen LogP contribution in [0.5, 0.6) is 11.6 Å². The molecule has 1 spiro atoms. The van der Waals surface area contributed by atoms with Crippen molar-refractivity contribution in [3.63, 3.8) is 0 Å². The summed E-state index contributed by atoms with van der Waals surface area (Å²) >= 11 is 12.5. The molecule has 2 aliphatic heterocycles. The van der Waals surface area contributed by atoms with Crippen molar-refractivity contribution < 1.29 is 23.5 Å². The molecule has 1 atom stereocenters. The Morgan fingerprint density at radius 3 is 2.54 bits per heavy atom. The van der Waals surface area contributed by atoms with Crippen LogP contribution in [0.1, 0.15) is 48.6 Å². The second-order valence-corrected chi connectivity index (χ2v) is 10.7. The fourth-order valence-electron chi connectivity index (χ4n) is 5.64. The molecule has 4 heterocycles. The number of anilines is 2. The van der Waals surface area contributed by atoms with E-state index in [0.717, 1.165) is 11.0 Å². The van der Waals surface area contributed by atoms with Crippen LogP contribution in [-0.4, -0.2) is 40.1 Å². The lowest BCUT2D eigenvalue weighted by molar-refractivity contribution is -0.119. The summed E-state index contributed by atoms with van der Waals surface area (Å²) < 4.78 is 28.4. The topological polar surface area (TPSA) is 98.6 Å². The van der Waals surface area contributed by atoms with Crippen LogP contribution in [0.3, 0.4) is 0 Å². The SMILES string of the molecule is CCOc1cc(OC)c(-c2nc3c(n2C(C)C)[C@@]2(C(=O)Nc4cc(Cl)ccc42)N(c2cc(Cl)ccc2F)C3=O)cn1. The Hall–Kier alpha value is -4.15. The van der Waals surface area contributed by atoms with Crippen LogP contribution in [0, 0.1) is 5.82 Å². The number of benzene rings is 2. The van der Waals surface area contributed by atoms with Crippen molar-refractivity contribution in [2.75, 3.05) is 23.9 Å². The van der Waals surface area contributed by atoms with Crippen LogP contribution in [0.25, 0.3) is 11.4 Å². The lowest BCUT2D eigenvalue weighted by Crippen LogP contribution is -2.51. The minimum absolute atomic E-state index is 0.0121. The van der Waals surface area contributed by atoms with E-state index in [4.69, 9.17) is 37.7 Å². The molecular weight excluding hydrogens is 572 g/mol. The Morgan fingerprint density at radius 1 is 1.10 bits per heavy atom. The maximum absolute atomic E-state index is 15.5. The number of ether oxygens (including phenoxy) is 2. The summed E-state index contributed by atoms with van der Waals surface area (Å²) in [6.07, 6.45) is 1.55. The molecule has 0 radical (unpaired) electrons. The number of methoxy groups -OCH3 is 1. The first-order valence-corrected chi connectivity index (χ1v) is 13.6. The third kappa shape index (κ3) is 3.81. The van der Waals surface area contributed by atoms with Gasteiger partial charge in [-0.1, -0.05) is 29.3 Å². The van der Waals surface area contributed by atoms with Crippen molar-refractivity contribution in [3.05, 3.63) is 81.5 Å². The smallest absolute Gasteiger partial charge is 0.280 e. The number of fused-ring (bicyclic) bond motifs is 4. The van der Waals surface area contributed by atoms with E-state index in [9.17, 15) is 9.59 Å². The van der Waals surface area contributed by atoms with Crippen LogP contribution in [0.4, 0.5) is 15.8 Å². The molecule has 0 fully saturated rings. The fraction of sp³-hybridized carbons (Fsp3) is 0.241. The average Bonchev–Trinajstić information content (AvgIpc) is 3.54. The van der Waals surface area contributed by atoms with E-state index < -0.39 is 23.2 Å². The van der Waals surface area contributed by atoms with Crippen molar-refractivity contribution in [2.45, 2.75) is 32.4 Å². The average molecular weight is 596 g/mol. The molecule has 1 N–H and O–H groups in total. The predicted octanol–water partition coefficient (Wildman–Crippen LogP) is 6.24. The molecule has 0 saturated carbocycles. The van der Waals surface area contributed by atoms with Crippen LogP contribution in [0.15, 0.2) is 48.7 Å². The van der Waals surface area contributed by atoms with Crippen molar-refractivity contribution in [2.24, 2.45) is 0 Å². The van der Waals surface area contributed by atoms with Gasteiger partial charge in [-0.3, -0.25) is 14.5 Å². The molecule has 6 rings (SSSR count). The molecule has 2 aliphatic rings. The van der Waals surface area contributed by atoms with Crippen molar-refractivity contribution in [3.8, 4) is 23.0 Å². The first-order valence-electron chi connectivity index (χ1n) is 12.8. The number of nitrogens with zero attached hydrogens (tertiary/aromatic N) is 4. The van der Waals surface area contributed by atoms with Gasteiger partial charge >= 0.3 is 0 Å². The monoisotopic (exact) mass is 595 g/mol. The summed E-state index contributed by atoms with van der Waals surface area (Å²) in [4.78, 5) is 38.8. The molecule has 0 aliphatic carbocycles. The van der Waals surface area contributed by atoms with Gasteiger partial charge in [0.15, 0.2) is 11.2 Å². The maximum atomic E-state index is 15.5. The highest BCUT2D eigenvalue weighted by molar-refractivity contribution is 6.32. The fourth-order valence-corrected chi connectivity index (χ4v) is 5.98. The number of carbonyl (C=O) groups is 2. The molecule has 2 amide bonds. The van der Waals surface area contributed by atoms with Gasteiger partial charge in [-0.2, -0.15) is 0 Å². The zero-order valence-electron chi connectivity index (χ0n) is 22.5. The highest BCUT2D eigenvalue weighted by atomic mass is 35.5. The van der Waals surface area contributed by atoms with Crippen molar-refractivity contribution in [1.29, 1.82) is 0 Å². The number of rotatable bonds is 6. The second-order valence-electron chi connectivity index (χ2n) is 9.84. The molecule has 0 unspecified atom stereocenters. The number of halogens is 3. The summed E-state index contributed by atoms with van der Waals surface area (Å²) in [6, 6.07) is 10.0. The number of hydrogen-bond donors (Lipinski definition) is 1. The number of carbonyl (C=O) groups excluding carboxylic acids is 2. The quantitative estimate of drug-likeness (QED) is 0.283. The van der Waals surface area contributed by atoms with E-state index >= 15 is 4.39 Å². The van der Waals surface area contributed by atoms with Gasteiger partial charge in [0, 0.05) is 39.6 Å². The van der Waals surface area contributed by atoms with Crippen LogP contribution < -0.4 is 19.7 Å². The first kappa shape index (κ1) is 27.0. The third-order valence-electron chi connectivity index (χ3n) is 7.20. The second kappa shape index (κ2) is 9.74. The van der Waals surface area contributed by atoms with E-state index in [1.807, 2.05) is 20.8 Å². The van der Waals surface area contributed by atoms with Crippen LogP contribution in [0.2, 0.25) is 10.0 Å². The van der Waals surface area contributed by atoms with E-state index in [0.29, 0.717) is 45.9 Å². The highest BCUT2D eigenvalue weighted by Crippen LogP contribution is 2.55. The minimum Gasteiger partial charge on any atom is -0.496 e. The standard InChI is InChI=1S/C29H24Cl2FN5O4/c1-5-41-23-12-22(40-4)17(13-33-23)26-35-24-25(36(26)14(2)3)29(18-8-6-15(30)10-20(18)34-28(29)39)37(27(24)38)21-11-16(31)7-9-19(21)32/h6-14H,5H2,1-4H3,(H,34,39)/t29-/m0/s1. The normalized spacial score (nSPS) is 17.3. The summed E-state index contributed by atoms with van der Waals surface area (Å²) in [6.45, 7) is 6.05. The number of pyridine rings is 1. The summed E-state index contributed by atoms with van der Waals surface area (Å²) in [5.41, 5.74) is -0.409. The molecule has 210 valence electrons. The van der Waals surface area contributed by atoms with Crippen molar-refractivity contribution in [1.82, 2.24) is 14.5 Å². The molecule has 2 aromatic heterocycles. The van der Waals surface area contributed by atoms with E-state index in [1.54, 1.807) is 35.0 Å². The number of imidazole rings is 1. The van der Waals surface area contributed by atoms with Crippen LogP contribution in [-0.2, 0) is 10.3 Å². The van der Waals surface area contributed by atoms with E-state index in [-0.39, 0.29) is 28.1 Å². The highest BCUT2D eigenvalue weighted by Gasteiger charge is 2.64. The van der Waals surface area contributed by atoms with Gasteiger partial charge in [-0.05, 0) is 51.1 Å². The van der Waals surface area contributed by atoms with Gasteiger partial charge in [0.2, 0.25) is 5.88 Å². The molecule has 0 bridgehead atoms. The van der Waals surface area contributed by atoms with Gasteiger partial charge in [-0.25, -0.2) is 14.4 Å². The first-order chi connectivity index (χ1) is 19.6. The summed E-state index contributed by atoms with van der Waals surface area (Å²) in [7, 11) is 1.51. The molecular formula is C29H24Cl2FN5O4. The molecule has 12 heteroatoms. The van der Waals surface area contributed by atoms with Gasteiger partial charge < -0.3 is 19.4 Å². The molecule has 41 heavy (non-hydrogen) atoms. The van der Waals surface area contributed by atoms with Gasteiger partial charge in [0.05, 0.1) is 30.7 Å². The zero-order valence-corrected chi connectivity index (χ0v) is 24.0. The zero-order chi connectivity index (χ0) is 29.2. The number of hydrogen-bond acceptors (Lipinski definition) is 6. The molecule has 2 aromatic carbocycles. The Morgan fingerprint density at radius 2 is 1.83 bits per heavy atom. The number of nitrogens with one attached hydrogen (secondary N) is 1. The van der Waals surface area contributed by atoms with Crippen LogP contribution >= 0.6 is 23.2 Å². The van der Waals surface area contributed by atoms with E-state index in [1.165, 1.54) is 19.2 Å². The van der Waals surface area contributed by atoms with Crippen molar-refractivity contribution >= 4 is 46.4 Å². The maximum Gasteiger partial charge on any atom is 0.280 e. The van der Waals surface area contributed by atoms with Gasteiger partial charge in [-0.15, -0.1) is 0 Å². The number of amides is 2. The summed E-state index contributed by atoms with van der Waals surface area (Å²) in [5, 5.41) is 3.44.